The number of aliphatic hydroxyl groups excluding tert-OH is 1. The van der Waals surface area contributed by atoms with Crippen LogP contribution in [0.1, 0.15) is 11.9 Å². The third kappa shape index (κ3) is 2.16. The van der Waals surface area contributed by atoms with Gasteiger partial charge >= 0.3 is 0 Å². The maximum absolute atomic E-state index is 12.9. The average molecular weight is 226 g/mol. The van der Waals surface area contributed by atoms with Gasteiger partial charge in [0.15, 0.2) is 0 Å². The van der Waals surface area contributed by atoms with E-state index in [1.54, 1.807) is 12.1 Å². The van der Waals surface area contributed by atoms with Gasteiger partial charge in [-0.1, -0.05) is 0 Å². The van der Waals surface area contributed by atoms with Gasteiger partial charge in [-0.3, -0.25) is 0 Å². The normalized spacial score (nSPS) is 13.3. The molecule has 2 aromatic rings. The Bertz CT molecular complexity index is 467. The van der Waals surface area contributed by atoms with Crippen LogP contribution in [0.5, 0.6) is 0 Å². The predicted octanol–water partition coefficient (Wildman–Crippen LogP) is 2.97. The lowest BCUT2D eigenvalue weighted by Crippen LogP contribution is -1.97. The third-order valence-electron chi connectivity index (χ3n) is 2.15. The van der Waals surface area contributed by atoms with Crippen LogP contribution in [0.3, 0.4) is 0 Å². The maximum atomic E-state index is 12.9. The van der Waals surface area contributed by atoms with Crippen LogP contribution in [-0.4, -0.2) is 17.1 Å². The van der Waals surface area contributed by atoms with Gasteiger partial charge in [-0.25, -0.2) is 4.39 Å². The summed E-state index contributed by atoms with van der Waals surface area (Å²) in [7, 11) is 0. The van der Waals surface area contributed by atoms with Crippen molar-refractivity contribution in [3.05, 3.63) is 35.8 Å². The minimum absolute atomic E-state index is 0.297. The van der Waals surface area contributed by atoms with Crippen LogP contribution in [0, 0.1) is 5.82 Å². The van der Waals surface area contributed by atoms with E-state index in [1.807, 2.05) is 6.26 Å². The van der Waals surface area contributed by atoms with Crippen molar-refractivity contribution in [2.24, 2.45) is 0 Å². The second-order valence-electron chi connectivity index (χ2n) is 3.30. The molecule has 0 spiro atoms. The molecule has 0 aliphatic carbocycles. The van der Waals surface area contributed by atoms with Crippen molar-refractivity contribution in [2.75, 3.05) is 12.0 Å². The minimum Gasteiger partial charge on any atom is -0.458 e. The van der Waals surface area contributed by atoms with Crippen molar-refractivity contribution in [2.45, 2.75) is 6.10 Å². The van der Waals surface area contributed by atoms with E-state index >= 15 is 0 Å². The van der Waals surface area contributed by atoms with Gasteiger partial charge in [-0.05, 0) is 30.5 Å². The zero-order valence-corrected chi connectivity index (χ0v) is 9.05. The van der Waals surface area contributed by atoms with Gasteiger partial charge < -0.3 is 9.52 Å². The monoisotopic (exact) mass is 226 g/mol. The smallest absolute Gasteiger partial charge is 0.134 e. The fourth-order valence-corrected chi connectivity index (χ4v) is 1.92. The number of halogens is 1. The molecule has 2 nitrogen and oxygen atoms in total. The van der Waals surface area contributed by atoms with Gasteiger partial charge in [-0.15, -0.1) is 0 Å². The van der Waals surface area contributed by atoms with E-state index in [4.69, 9.17) is 4.42 Å². The lowest BCUT2D eigenvalue weighted by atomic mass is 10.2. The Morgan fingerprint density at radius 2 is 2.27 bits per heavy atom. The fraction of sp³-hybridized carbons (Fsp3) is 0.273. The van der Waals surface area contributed by atoms with Crippen LogP contribution in [-0.2, 0) is 0 Å². The van der Waals surface area contributed by atoms with Crippen LogP contribution in [0.15, 0.2) is 28.7 Å². The SMILES string of the molecule is CSCC(O)c1cc2cc(F)ccc2o1. The Kier molecular flexibility index (Phi) is 2.98. The molecule has 80 valence electrons. The quantitative estimate of drug-likeness (QED) is 0.873. The Labute approximate surface area is 91.1 Å². The molecule has 0 saturated carbocycles. The molecular weight excluding hydrogens is 215 g/mol. The molecule has 0 radical (unpaired) electrons. The molecule has 1 aromatic heterocycles. The van der Waals surface area contributed by atoms with Gasteiger partial charge in [0.25, 0.3) is 0 Å². The molecule has 0 aliphatic heterocycles. The molecule has 2 rings (SSSR count). The Balaban J connectivity index is 2.38. The summed E-state index contributed by atoms with van der Waals surface area (Å²) in [5.41, 5.74) is 0.603. The molecule has 0 saturated heterocycles. The van der Waals surface area contributed by atoms with Gasteiger partial charge in [0, 0.05) is 11.1 Å². The summed E-state index contributed by atoms with van der Waals surface area (Å²) < 4.78 is 18.3. The van der Waals surface area contributed by atoms with Crippen LogP contribution < -0.4 is 0 Å². The largest absolute Gasteiger partial charge is 0.458 e. The first-order valence-corrected chi connectivity index (χ1v) is 5.96. The molecule has 4 heteroatoms. The highest BCUT2D eigenvalue weighted by Gasteiger charge is 2.12. The molecular formula is C11H11FO2S. The van der Waals surface area contributed by atoms with Crippen molar-refractivity contribution in [1.82, 2.24) is 0 Å². The molecule has 15 heavy (non-hydrogen) atoms. The molecule has 0 amide bonds. The summed E-state index contributed by atoms with van der Waals surface area (Å²) in [6, 6.07) is 5.99. The molecule has 1 aromatic carbocycles. The topological polar surface area (TPSA) is 33.4 Å². The zero-order chi connectivity index (χ0) is 10.8. The molecule has 1 unspecified atom stereocenters. The summed E-state index contributed by atoms with van der Waals surface area (Å²) in [5.74, 6) is 0.765. The van der Waals surface area contributed by atoms with Crippen LogP contribution in [0.25, 0.3) is 11.0 Å². The summed E-state index contributed by atoms with van der Waals surface area (Å²) in [5, 5.41) is 10.4. The van der Waals surface area contributed by atoms with Crippen molar-refractivity contribution >= 4 is 22.7 Å². The van der Waals surface area contributed by atoms with E-state index in [9.17, 15) is 9.50 Å². The Morgan fingerprint density at radius 1 is 1.47 bits per heavy atom. The zero-order valence-electron chi connectivity index (χ0n) is 8.24. The van der Waals surface area contributed by atoms with Gasteiger partial charge in [0.2, 0.25) is 0 Å². The highest BCUT2D eigenvalue weighted by Crippen LogP contribution is 2.25. The van der Waals surface area contributed by atoms with Crippen molar-refractivity contribution in [3.63, 3.8) is 0 Å². The van der Waals surface area contributed by atoms with Crippen LogP contribution in [0.4, 0.5) is 4.39 Å². The summed E-state index contributed by atoms with van der Waals surface area (Å²) in [6.45, 7) is 0. The van der Waals surface area contributed by atoms with Crippen molar-refractivity contribution < 1.29 is 13.9 Å². The molecule has 0 bridgehead atoms. The van der Waals surface area contributed by atoms with E-state index in [-0.39, 0.29) is 5.82 Å². The fourth-order valence-electron chi connectivity index (χ4n) is 1.44. The number of hydrogen-bond acceptors (Lipinski definition) is 3. The molecule has 0 fully saturated rings. The molecule has 1 heterocycles. The van der Waals surface area contributed by atoms with Crippen molar-refractivity contribution in [3.8, 4) is 0 Å². The van der Waals surface area contributed by atoms with Gasteiger partial charge in [-0.2, -0.15) is 11.8 Å². The van der Waals surface area contributed by atoms with Gasteiger partial charge in [0.1, 0.15) is 23.3 Å². The lowest BCUT2D eigenvalue weighted by molar-refractivity contribution is 0.177. The van der Waals surface area contributed by atoms with Gasteiger partial charge in [0.05, 0.1) is 0 Å². The average Bonchev–Trinajstić information content (AvgIpc) is 2.60. The first kappa shape index (κ1) is 10.5. The highest BCUT2D eigenvalue weighted by molar-refractivity contribution is 7.98. The maximum Gasteiger partial charge on any atom is 0.134 e. The molecule has 1 N–H and O–H groups in total. The Morgan fingerprint density at radius 3 is 3.00 bits per heavy atom. The van der Waals surface area contributed by atoms with E-state index in [0.717, 1.165) is 0 Å². The van der Waals surface area contributed by atoms with Crippen LogP contribution in [0.2, 0.25) is 0 Å². The number of aliphatic hydroxyl groups is 1. The van der Waals surface area contributed by atoms with Crippen molar-refractivity contribution in [1.29, 1.82) is 0 Å². The highest BCUT2D eigenvalue weighted by atomic mass is 32.2. The minimum atomic E-state index is -0.629. The molecule has 1 atom stereocenters. The third-order valence-corrected chi connectivity index (χ3v) is 2.80. The standard InChI is InChI=1S/C11H11FO2S/c1-15-6-9(13)11-5-7-4-8(12)2-3-10(7)14-11/h2-5,9,13H,6H2,1H3. The first-order valence-electron chi connectivity index (χ1n) is 4.56. The van der Waals surface area contributed by atoms with E-state index in [0.29, 0.717) is 22.5 Å². The number of rotatable bonds is 3. The second kappa shape index (κ2) is 4.24. The number of hydrogen-bond donors (Lipinski definition) is 1. The van der Waals surface area contributed by atoms with E-state index < -0.39 is 6.10 Å². The molecule has 0 aliphatic rings. The number of thioether (sulfide) groups is 1. The summed E-state index contributed by atoms with van der Waals surface area (Å²) >= 11 is 1.53. The lowest BCUT2D eigenvalue weighted by Gasteiger charge is -2.03. The number of benzene rings is 1. The summed E-state index contributed by atoms with van der Waals surface area (Å²) in [4.78, 5) is 0. The second-order valence-corrected chi connectivity index (χ2v) is 4.21. The first-order chi connectivity index (χ1) is 7.20. The number of furan rings is 1. The number of fused-ring (bicyclic) bond motifs is 1. The predicted molar refractivity (Wildman–Crippen MR) is 59.5 cm³/mol. The van der Waals surface area contributed by atoms with E-state index in [1.165, 1.54) is 23.9 Å². The van der Waals surface area contributed by atoms with Crippen LogP contribution >= 0.6 is 11.8 Å². The van der Waals surface area contributed by atoms with E-state index in [2.05, 4.69) is 0 Å². The Hall–Kier alpha value is -1.00. The summed E-state index contributed by atoms with van der Waals surface area (Å²) in [6.07, 6.45) is 1.28.